The Morgan fingerprint density at radius 2 is 2.00 bits per heavy atom. The van der Waals surface area contributed by atoms with Gasteiger partial charge in [0.05, 0.1) is 12.7 Å². The van der Waals surface area contributed by atoms with Crippen molar-refractivity contribution < 1.29 is 9.15 Å². The average molecular weight is 447 g/mol. The topological polar surface area (TPSA) is 73.1 Å². The Labute approximate surface area is 196 Å². The van der Waals surface area contributed by atoms with Crippen LogP contribution in [-0.4, -0.2) is 28.8 Å². The summed E-state index contributed by atoms with van der Waals surface area (Å²) in [6, 6.07) is 12.0. The Hall–Kier alpha value is -2.99. The molecule has 4 rings (SSSR count). The normalized spacial score (nSPS) is 20.6. The summed E-state index contributed by atoms with van der Waals surface area (Å²) in [6.45, 7) is 8.66. The molecule has 1 aromatic carbocycles. The van der Waals surface area contributed by atoms with E-state index in [1.807, 2.05) is 24.3 Å². The second-order valence-corrected chi connectivity index (χ2v) is 9.30. The first-order valence-electron chi connectivity index (χ1n) is 11.8. The fraction of sp³-hybridized carbons (Fsp3) is 0.444. The first-order valence-corrected chi connectivity index (χ1v) is 11.8. The third-order valence-corrected chi connectivity index (χ3v) is 6.77. The number of hydrogen-bond donors (Lipinski definition) is 1. The van der Waals surface area contributed by atoms with Gasteiger partial charge in [0.1, 0.15) is 5.75 Å². The highest BCUT2D eigenvalue weighted by Gasteiger charge is 2.32. The second kappa shape index (κ2) is 10.8. The number of hydrogen-bond acceptors (Lipinski definition) is 6. The summed E-state index contributed by atoms with van der Waals surface area (Å²) in [5.41, 5.74) is 3.46. The fourth-order valence-electron chi connectivity index (χ4n) is 4.88. The maximum atomic E-state index is 5.97. The minimum Gasteiger partial charge on any atom is -0.496 e. The number of nitrogens with zero attached hydrogens (tertiary/aromatic N) is 3. The first-order chi connectivity index (χ1) is 16.0. The molecule has 0 unspecified atom stereocenters. The fourth-order valence-corrected chi connectivity index (χ4v) is 4.88. The lowest BCUT2D eigenvalue weighted by atomic mass is 9.70. The zero-order chi connectivity index (χ0) is 23.2. The van der Waals surface area contributed by atoms with Crippen molar-refractivity contribution in [3.05, 3.63) is 71.9 Å². The van der Waals surface area contributed by atoms with E-state index in [1.54, 1.807) is 19.5 Å². The van der Waals surface area contributed by atoms with E-state index < -0.39 is 0 Å². The van der Waals surface area contributed by atoms with Crippen LogP contribution in [0, 0.1) is 23.7 Å². The number of para-hydroxylation sites is 1. The lowest BCUT2D eigenvalue weighted by Crippen LogP contribution is -2.34. The molecule has 3 aromatic rings. The van der Waals surface area contributed by atoms with Gasteiger partial charge in [0.25, 0.3) is 0 Å². The highest BCUT2D eigenvalue weighted by atomic mass is 16.5. The SMILES string of the molecule is COc1ccccc1CNC[C@@H]1C=C(C)[C@H](Cc2nnc(-c3cccnc3)o2)C[C@H]1C(C)C. The predicted molar refractivity (Wildman–Crippen MR) is 130 cm³/mol. The van der Waals surface area contributed by atoms with Crippen molar-refractivity contribution in [1.82, 2.24) is 20.5 Å². The van der Waals surface area contributed by atoms with E-state index >= 15 is 0 Å². The van der Waals surface area contributed by atoms with Gasteiger partial charge >= 0.3 is 0 Å². The molecular formula is C27H34N4O2. The summed E-state index contributed by atoms with van der Waals surface area (Å²) in [5, 5.41) is 12.2. The van der Waals surface area contributed by atoms with Gasteiger partial charge in [-0.3, -0.25) is 4.98 Å². The Morgan fingerprint density at radius 3 is 2.76 bits per heavy atom. The monoisotopic (exact) mass is 446 g/mol. The van der Waals surface area contributed by atoms with Crippen molar-refractivity contribution in [2.45, 2.75) is 40.2 Å². The van der Waals surface area contributed by atoms with Gasteiger partial charge < -0.3 is 14.5 Å². The average Bonchev–Trinajstić information content (AvgIpc) is 3.30. The maximum Gasteiger partial charge on any atom is 0.249 e. The minimum absolute atomic E-state index is 0.421. The molecule has 0 aliphatic heterocycles. The van der Waals surface area contributed by atoms with Crippen molar-refractivity contribution in [3.8, 4) is 17.2 Å². The van der Waals surface area contributed by atoms with Crippen molar-refractivity contribution in [3.63, 3.8) is 0 Å². The Balaban J connectivity index is 1.41. The number of allylic oxidation sites excluding steroid dienone is 1. The molecule has 3 atom stereocenters. The molecule has 1 aliphatic rings. The van der Waals surface area contributed by atoms with E-state index in [9.17, 15) is 0 Å². The van der Waals surface area contributed by atoms with E-state index in [2.05, 4.69) is 59.5 Å². The Bertz CT molecular complexity index is 1060. The number of ether oxygens (including phenoxy) is 1. The van der Waals surface area contributed by atoms with Gasteiger partial charge in [-0.15, -0.1) is 10.2 Å². The summed E-state index contributed by atoms with van der Waals surface area (Å²) < 4.78 is 11.5. The quantitative estimate of drug-likeness (QED) is 0.448. The zero-order valence-corrected chi connectivity index (χ0v) is 20.0. The molecule has 0 bridgehead atoms. The molecule has 1 aliphatic carbocycles. The van der Waals surface area contributed by atoms with Gasteiger partial charge in [0.2, 0.25) is 11.8 Å². The molecule has 0 saturated carbocycles. The van der Waals surface area contributed by atoms with Crippen LogP contribution in [0.5, 0.6) is 5.75 Å². The summed E-state index contributed by atoms with van der Waals surface area (Å²) in [7, 11) is 1.73. The third kappa shape index (κ3) is 5.69. The van der Waals surface area contributed by atoms with E-state index in [4.69, 9.17) is 9.15 Å². The molecule has 6 nitrogen and oxygen atoms in total. The lowest BCUT2D eigenvalue weighted by molar-refractivity contribution is 0.218. The van der Waals surface area contributed by atoms with Crippen LogP contribution in [0.3, 0.4) is 0 Å². The van der Waals surface area contributed by atoms with Crippen LogP contribution in [0.25, 0.3) is 11.5 Å². The Morgan fingerprint density at radius 1 is 1.15 bits per heavy atom. The van der Waals surface area contributed by atoms with Gasteiger partial charge in [-0.25, -0.2) is 0 Å². The smallest absolute Gasteiger partial charge is 0.249 e. The molecule has 1 N–H and O–H groups in total. The summed E-state index contributed by atoms with van der Waals surface area (Å²) in [6.07, 6.45) is 7.86. The van der Waals surface area contributed by atoms with Crippen molar-refractivity contribution >= 4 is 0 Å². The van der Waals surface area contributed by atoms with Crippen LogP contribution >= 0.6 is 0 Å². The van der Waals surface area contributed by atoms with Gasteiger partial charge in [0, 0.05) is 37.5 Å². The standard InChI is InChI=1S/C27H34N4O2/c1-18(2)24-13-22(14-26-30-31-27(33-26)21-9-7-11-28-16-21)19(3)12-23(24)17-29-15-20-8-5-6-10-25(20)32-4/h5-12,16,18,22-24,29H,13-15,17H2,1-4H3/t22-,23-,24-/m0/s1. The number of nitrogens with one attached hydrogen (secondary N) is 1. The van der Waals surface area contributed by atoms with Crippen LogP contribution in [-0.2, 0) is 13.0 Å². The molecule has 0 fully saturated rings. The molecule has 0 amide bonds. The molecule has 6 heteroatoms. The zero-order valence-electron chi connectivity index (χ0n) is 20.0. The summed E-state index contributed by atoms with van der Waals surface area (Å²) >= 11 is 0. The number of aromatic nitrogens is 3. The lowest BCUT2D eigenvalue weighted by Gasteiger charge is -2.37. The number of methoxy groups -OCH3 is 1. The van der Waals surface area contributed by atoms with E-state index in [0.717, 1.165) is 37.2 Å². The van der Waals surface area contributed by atoms with Crippen molar-refractivity contribution in [2.75, 3.05) is 13.7 Å². The van der Waals surface area contributed by atoms with Gasteiger partial charge in [-0.1, -0.05) is 43.7 Å². The van der Waals surface area contributed by atoms with Crippen LogP contribution in [0.1, 0.15) is 38.6 Å². The molecule has 0 saturated heterocycles. The van der Waals surface area contributed by atoms with Gasteiger partial charge in [-0.05, 0) is 55.2 Å². The minimum atomic E-state index is 0.421. The van der Waals surface area contributed by atoms with E-state index in [0.29, 0.717) is 35.5 Å². The van der Waals surface area contributed by atoms with Crippen LogP contribution in [0.15, 0.2) is 64.9 Å². The second-order valence-electron chi connectivity index (χ2n) is 9.30. The van der Waals surface area contributed by atoms with Crippen molar-refractivity contribution in [2.24, 2.45) is 23.7 Å². The van der Waals surface area contributed by atoms with Gasteiger partial charge in [-0.2, -0.15) is 0 Å². The summed E-state index contributed by atoms with van der Waals surface area (Å²) in [5.74, 6) is 4.30. The molecule has 0 radical (unpaired) electrons. The molecular weight excluding hydrogens is 412 g/mol. The third-order valence-electron chi connectivity index (χ3n) is 6.77. The van der Waals surface area contributed by atoms with E-state index in [1.165, 1.54) is 11.1 Å². The highest BCUT2D eigenvalue weighted by molar-refractivity contribution is 5.49. The van der Waals surface area contributed by atoms with Crippen molar-refractivity contribution in [1.29, 1.82) is 0 Å². The molecule has 2 heterocycles. The first kappa shape index (κ1) is 23.2. The largest absolute Gasteiger partial charge is 0.496 e. The Kier molecular flexibility index (Phi) is 7.55. The predicted octanol–water partition coefficient (Wildman–Crippen LogP) is 5.33. The number of benzene rings is 1. The maximum absolute atomic E-state index is 5.97. The van der Waals surface area contributed by atoms with Crippen LogP contribution < -0.4 is 10.1 Å². The van der Waals surface area contributed by atoms with Gasteiger partial charge in [0.15, 0.2) is 0 Å². The number of pyridine rings is 1. The van der Waals surface area contributed by atoms with E-state index in [-0.39, 0.29) is 0 Å². The summed E-state index contributed by atoms with van der Waals surface area (Å²) in [4.78, 5) is 4.14. The van der Waals surface area contributed by atoms with Crippen LogP contribution in [0.4, 0.5) is 0 Å². The van der Waals surface area contributed by atoms with Crippen LogP contribution in [0.2, 0.25) is 0 Å². The molecule has 33 heavy (non-hydrogen) atoms. The number of rotatable bonds is 9. The molecule has 2 aromatic heterocycles. The molecule has 0 spiro atoms. The molecule has 174 valence electrons. The highest BCUT2D eigenvalue weighted by Crippen LogP contribution is 2.39.